The quantitative estimate of drug-likeness (QED) is 0.335. The fourth-order valence-corrected chi connectivity index (χ4v) is 3.99. The Balaban J connectivity index is 1.93. The summed E-state index contributed by atoms with van der Waals surface area (Å²) in [6, 6.07) is 18.5. The first-order valence-corrected chi connectivity index (χ1v) is 12.6. The van der Waals surface area contributed by atoms with Crippen molar-refractivity contribution in [2.24, 2.45) is 13.0 Å². The van der Waals surface area contributed by atoms with Gasteiger partial charge in [-0.05, 0) is 38.3 Å². The molecule has 0 fully saturated rings. The molecule has 1 aromatic heterocycles. The van der Waals surface area contributed by atoms with Crippen LogP contribution in [0.3, 0.4) is 0 Å². The standard InChI is InChI=1S/C29H41N3O3/c1-7-23(5)32(17-25(33)20-34-19-21(2)3)18-27-28(24-11-9-8-10-12-24)30-31(6)29(27)35-26-15-13-22(4)14-16-26/h8-16,21,23,25,33H,7,17-20H2,1-6H3. The van der Waals surface area contributed by atoms with Crippen LogP contribution >= 0.6 is 0 Å². The molecule has 1 heterocycles. The number of aryl methyl sites for hydroxylation is 2. The Morgan fingerprint density at radius 3 is 2.31 bits per heavy atom. The van der Waals surface area contributed by atoms with E-state index in [0.29, 0.717) is 38.1 Å². The minimum Gasteiger partial charge on any atom is -0.439 e. The van der Waals surface area contributed by atoms with Gasteiger partial charge in [0.2, 0.25) is 5.88 Å². The number of hydrogen-bond acceptors (Lipinski definition) is 5. The van der Waals surface area contributed by atoms with Crippen LogP contribution < -0.4 is 4.74 Å². The van der Waals surface area contributed by atoms with Gasteiger partial charge in [0.1, 0.15) is 11.4 Å². The average molecular weight is 480 g/mol. The van der Waals surface area contributed by atoms with Crippen LogP contribution in [0.15, 0.2) is 54.6 Å². The summed E-state index contributed by atoms with van der Waals surface area (Å²) >= 11 is 0. The molecule has 6 heteroatoms. The first-order valence-electron chi connectivity index (χ1n) is 12.6. The van der Waals surface area contributed by atoms with E-state index in [2.05, 4.69) is 51.7 Å². The molecular formula is C29H41N3O3. The molecule has 0 aliphatic heterocycles. The van der Waals surface area contributed by atoms with Crippen LogP contribution in [0.4, 0.5) is 0 Å². The average Bonchev–Trinajstić information content (AvgIpc) is 3.14. The van der Waals surface area contributed by atoms with Gasteiger partial charge in [0.05, 0.1) is 18.3 Å². The molecule has 0 amide bonds. The third-order valence-electron chi connectivity index (χ3n) is 6.15. The highest BCUT2D eigenvalue weighted by molar-refractivity contribution is 5.65. The normalized spacial score (nSPS) is 13.4. The van der Waals surface area contributed by atoms with E-state index in [4.69, 9.17) is 14.6 Å². The number of rotatable bonds is 13. The van der Waals surface area contributed by atoms with Gasteiger partial charge < -0.3 is 14.6 Å². The summed E-state index contributed by atoms with van der Waals surface area (Å²) < 4.78 is 13.9. The largest absolute Gasteiger partial charge is 0.439 e. The second kappa shape index (κ2) is 12.9. The molecule has 2 atom stereocenters. The molecule has 0 aliphatic rings. The molecule has 6 nitrogen and oxygen atoms in total. The SMILES string of the molecule is CCC(C)N(Cc1c(-c2ccccc2)nn(C)c1Oc1ccc(C)cc1)CC(O)COCC(C)C. The van der Waals surface area contributed by atoms with Crippen molar-refractivity contribution in [2.45, 2.75) is 59.7 Å². The van der Waals surface area contributed by atoms with E-state index in [1.54, 1.807) is 0 Å². The Morgan fingerprint density at radius 2 is 1.69 bits per heavy atom. The first kappa shape index (κ1) is 26.9. The third kappa shape index (κ3) is 7.66. The van der Waals surface area contributed by atoms with E-state index < -0.39 is 6.10 Å². The fourth-order valence-electron chi connectivity index (χ4n) is 3.99. The lowest BCUT2D eigenvalue weighted by atomic mass is 10.1. The van der Waals surface area contributed by atoms with E-state index in [1.165, 1.54) is 5.56 Å². The van der Waals surface area contributed by atoms with E-state index in [9.17, 15) is 5.11 Å². The zero-order chi connectivity index (χ0) is 25.4. The number of benzene rings is 2. The zero-order valence-corrected chi connectivity index (χ0v) is 22.1. The van der Waals surface area contributed by atoms with Gasteiger partial charge in [0, 0.05) is 38.3 Å². The monoisotopic (exact) mass is 479 g/mol. The number of aliphatic hydroxyl groups is 1. The van der Waals surface area contributed by atoms with Gasteiger partial charge in [-0.1, -0.05) is 68.8 Å². The highest BCUT2D eigenvalue weighted by Gasteiger charge is 2.25. The third-order valence-corrected chi connectivity index (χ3v) is 6.15. The fraction of sp³-hybridized carbons (Fsp3) is 0.483. The van der Waals surface area contributed by atoms with Crippen molar-refractivity contribution in [2.75, 3.05) is 19.8 Å². The van der Waals surface area contributed by atoms with Crippen molar-refractivity contribution < 1.29 is 14.6 Å². The molecule has 0 saturated heterocycles. The zero-order valence-electron chi connectivity index (χ0n) is 22.1. The summed E-state index contributed by atoms with van der Waals surface area (Å²) in [4.78, 5) is 2.30. The van der Waals surface area contributed by atoms with E-state index in [1.807, 2.05) is 54.2 Å². The molecule has 1 N–H and O–H groups in total. The highest BCUT2D eigenvalue weighted by atomic mass is 16.5. The maximum absolute atomic E-state index is 10.8. The summed E-state index contributed by atoms with van der Waals surface area (Å²) in [5.74, 6) is 1.93. The van der Waals surface area contributed by atoms with Crippen LogP contribution in [-0.2, 0) is 18.3 Å². The summed E-state index contributed by atoms with van der Waals surface area (Å²) in [5.41, 5.74) is 4.13. The maximum Gasteiger partial charge on any atom is 0.222 e. The molecule has 0 radical (unpaired) electrons. The van der Waals surface area contributed by atoms with Crippen LogP contribution in [0.5, 0.6) is 11.6 Å². The van der Waals surface area contributed by atoms with Crippen LogP contribution in [0.1, 0.15) is 45.2 Å². The molecule has 190 valence electrons. The van der Waals surface area contributed by atoms with E-state index >= 15 is 0 Å². The smallest absolute Gasteiger partial charge is 0.222 e. The molecule has 3 aromatic rings. The van der Waals surface area contributed by atoms with Crippen molar-refractivity contribution >= 4 is 0 Å². The lowest BCUT2D eigenvalue weighted by molar-refractivity contribution is 0.0000410. The van der Waals surface area contributed by atoms with Gasteiger partial charge >= 0.3 is 0 Å². The highest BCUT2D eigenvalue weighted by Crippen LogP contribution is 2.34. The molecule has 2 aromatic carbocycles. The minimum atomic E-state index is -0.568. The molecule has 2 unspecified atom stereocenters. The van der Waals surface area contributed by atoms with E-state index in [0.717, 1.165) is 29.0 Å². The van der Waals surface area contributed by atoms with Crippen LogP contribution in [0, 0.1) is 12.8 Å². The molecule has 0 aliphatic carbocycles. The minimum absolute atomic E-state index is 0.269. The van der Waals surface area contributed by atoms with Gasteiger partial charge in [0.25, 0.3) is 0 Å². The second-order valence-electron chi connectivity index (χ2n) is 9.81. The van der Waals surface area contributed by atoms with Crippen molar-refractivity contribution in [3.8, 4) is 22.9 Å². The van der Waals surface area contributed by atoms with Gasteiger partial charge in [-0.2, -0.15) is 5.10 Å². The second-order valence-corrected chi connectivity index (χ2v) is 9.81. The summed E-state index contributed by atoms with van der Waals surface area (Å²) in [6.07, 6.45) is 0.398. The van der Waals surface area contributed by atoms with Crippen molar-refractivity contribution in [1.29, 1.82) is 0 Å². The van der Waals surface area contributed by atoms with Gasteiger partial charge in [-0.15, -0.1) is 0 Å². The number of nitrogens with zero attached hydrogens (tertiary/aromatic N) is 3. The number of ether oxygens (including phenoxy) is 2. The molecule has 0 saturated carbocycles. The Kier molecular flexibility index (Phi) is 9.90. The molecule has 0 bridgehead atoms. The lowest BCUT2D eigenvalue weighted by Gasteiger charge is -2.30. The van der Waals surface area contributed by atoms with E-state index in [-0.39, 0.29) is 6.04 Å². The number of hydrogen-bond donors (Lipinski definition) is 1. The topological polar surface area (TPSA) is 59.8 Å². The van der Waals surface area contributed by atoms with Crippen molar-refractivity contribution in [3.63, 3.8) is 0 Å². The predicted octanol–water partition coefficient (Wildman–Crippen LogP) is 5.82. The van der Waals surface area contributed by atoms with Crippen molar-refractivity contribution in [3.05, 3.63) is 65.7 Å². The molecule has 0 spiro atoms. The molecule has 35 heavy (non-hydrogen) atoms. The van der Waals surface area contributed by atoms with Gasteiger partial charge in [-0.3, -0.25) is 4.90 Å². The Morgan fingerprint density at radius 1 is 1.00 bits per heavy atom. The van der Waals surface area contributed by atoms with Crippen LogP contribution in [0.25, 0.3) is 11.3 Å². The summed E-state index contributed by atoms with van der Waals surface area (Å²) in [6.45, 7) is 12.8. The van der Waals surface area contributed by atoms with Gasteiger partial charge in [0.15, 0.2) is 0 Å². The molecular weight excluding hydrogens is 438 g/mol. The van der Waals surface area contributed by atoms with Crippen LogP contribution in [-0.4, -0.2) is 51.7 Å². The Bertz CT molecular complexity index is 1030. The summed E-state index contributed by atoms with van der Waals surface area (Å²) in [7, 11) is 1.92. The lowest BCUT2D eigenvalue weighted by Crippen LogP contribution is -2.40. The van der Waals surface area contributed by atoms with Crippen LogP contribution in [0.2, 0.25) is 0 Å². The summed E-state index contributed by atoms with van der Waals surface area (Å²) in [5, 5.41) is 15.6. The van der Waals surface area contributed by atoms with Crippen molar-refractivity contribution in [1.82, 2.24) is 14.7 Å². The Hall–Kier alpha value is -2.67. The molecule has 3 rings (SSSR count). The predicted molar refractivity (Wildman–Crippen MR) is 142 cm³/mol. The first-order chi connectivity index (χ1) is 16.8. The number of aliphatic hydroxyl groups excluding tert-OH is 1. The Labute approximate surface area is 210 Å². The number of aromatic nitrogens is 2. The maximum atomic E-state index is 10.8. The van der Waals surface area contributed by atoms with Gasteiger partial charge in [-0.25, -0.2) is 4.68 Å².